The molecule has 32 heavy (non-hydrogen) atoms. The van der Waals surface area contributed by atoms with Crippen LogP contribution in [0.4, 0.5) is 10.1 Å². The van der Waals surface area contributed by atoms with Crippen LogP contribution in [0.15, 0.2) is 53.4 Å². The molecule has 0 radical (unpaired) electrons. The number of nitrogens with one attached hydrogen (secondary N) is 1. The first kappa shape index (κ1) is 25.5. The number of benzene rings is 2. The van der Waals surface area contributed by atoms with Crippen molar-refractivity contribution in [2.75, 3.05) is 18.4 Å². The fourth-order valence-corrected chi connectivity index (χ4v) is 4.35. The van der Waals surface area contributed by atoms with Crippen LogP contribution in [0.5, 0.6) is 0 Å². The number of halogens is 2. The van der Waals surface area contributed by atoms with E-state index in [9.17, 15) is 22.4 Å². The molecule has 172 valence electrons. The lowest BCUT2D eigenvalue weighted by Gasteiger charge is -2.18. The molecule has 10 heteroatoms. The SMILES string of the molecule is CCN(CC)S(=O)(=O)c1ccc(/C=C/C(=O)OC(C)C(=O)Nc2ccc(F)c(Cl)c2)cc1. The predicted octanol–water partition coefficient (Wildman–Crippen LogP) is 4.09. The molecule has 1 N–H and O–H groups in total. The van der Waals surface area contributed by atoms with Crippen LogP contribution in [0.2, 0.25) is 5.02 Å². The van der Waals surface area contributed by atoms with Crippen LogP contribution < -0.4 is 5.32 Å². The van der Waals surface area contributed by atoms with Gasteiger partial charge < -0.3 is 10.1 Å². The number of rotatable bonds is 9. The molecule has 7 nitrogen and oxygen atoms in total. The molecule has 0 bridgehead atoms. The lowest BCUT2D eigenvalue weighted by Crippen LogP contribution is -2.30. The summed E-state index contributed by atoms with van der Waals surface area (Å²) in [5.74, 6) is -1.99. The lowest BCUT2D eigenvalue weighted by molar-refractivity contribution is -0.148. The van der Waals surface area contributed by atoms with Crippen LogP contribution in [0.1, 0.15) is 26.3 Å². The molecule has 0 aromatic heterocycles. The number of nitrogens with zero attached hydrogens (tertiary/aromatic N) is 1. The Labute approximate surface area is 191 Å². The highest BCUT2D eigenvalue weighted by Crippen LogP contribution is 2.20. The zero-order valence-corrected chi connectivity index (χ0v) is 19.4. The van der Waals surface area contributed by atoms with Gasteiger partial charge in [0.2, 0.25) is 10.0 Å². The number of carbonyl (C=O) groups excluding carboxylic acids is 2. The maximum absolute atomic E-state index is 13.2. The number of anilines is 1. The highest BCUT2D eigenvalue weighted by Gasteiger charge is 2.21. The van der Waals surface area contributed by atoms with Crippen molar-refractivity contribution in [2.45, 2.75) is 31.8 Å². The fourth-order valence-electron chi connectivity index (χ4n) is 2.71. The minimum atomic E-state index is -3.56. The van der Waals surface area contributed by atoms with E-state index in [2.05, 4.69) is 5.32 Å². The van der Waals surface area contributed by atoms with Crippen LogP contribution in [-0.4, -0.2) is 43.8 Å². The van der Waals surface area contributed by atoms with Crippen molar-refractivity contribution < 1.29 is 27.1 Å². The van der Waals surface area contributed by atoms with E-state index in [1.54, 1.807) is 26.0 Å². The number of esters is 1. The van der Waals surface area contributed by atoms with Crippen molar-refractivity contribution in [3.05, 3.63) is 64.9 Å². The molecule has 0 fully saturated rings. The van der Waals surface area contributed by atoms with Gasteiger partial charge in [-0.15, -0.1) is 0 Å². The Morgan fingerprint density at radius 3 is 2.34 bits per heavy atom. The number of ether oxygens (including phenoxy) is 1. The first-order valence-corrected chi connectivity index (χ1v) is 11.6. The maximum Gasteiger partial charge on any atom is 0.331 e. The van der Waals surface area contributed by atoms with Gasteiger partial charge in [-0.25, -0.2) is 17.6 Å². The number of carbonyl (C=O) groups is 2. The van der Waals surface area contributed by atoms with E-state index in [1.165, 1.54) is 41.6 Å². The van der Waals surface area contributed by atoms with E-state index in [4.69, 9.17) is 16.3 Å². The monoisotopic (exact) mass is 482 g/mol. The number of hydrogen-bond donors (Lipinski definition) is 1. The first-order valence-electron chi connectivity index (χ1n) is 9.83. The summed E-state index contributed by atoms with van der Waals surface area (Å²) in [5, 5.41) is 2.33. The summed E-state index contributed by atoms with van der Waals surface area (Å²) in [6, 6.07) is 9.73. The molecule has 1 unspecified atom stereocenters. The van der Waals surface area contributed by atoms with E-state index in [-0.39, 0.29) is 15.6 Å². The first-order chi connectivity index (χ1) is 15.1. The minimum absolute atomic E-state index is 0.147. The van der Waals surface area contributed by atoms with E-state index >= 15 is 0 Å². The summed E-state index contributed by atoms with van der Waals surface area (Å²) in [5.41, 5.74) is 0.845. The van der Waals surface area contributed by atoms with Gasteiger partial charge in [0.05, 0.1) is 9.92 Å². The topological polar surface area (TPSA) is 92.8 Å². The van der Waals surface area contributed by atoms with Gasteiger partial charge in [-0.3, -0.25) is 4.79 Å². The molecule has 0 saturated carbocycles. The van der Waals surface area contributed by atoms with Crippen LogP contribution in [-0.2, 0) is 24.3 Å². The molecule has 0 spiro atoms. The molecular weight excluding hydrogens is 459 g/mol. The standard InChI is InChI=1S/C22H24ClFN2O5S/c1-4-26(5-2)32(29,30)18-10-6-16(7-11-18)8-13-21(27)31-15(3)22(28)25-17-9-12-20(24)19(23)14-17/h6-15H,4-5H2,1-3H3,(H,25,28)/b13-8+. The highest BCUT2D eigenvalue weighted by atomic mass is 35.5. The van der Waals surface area contributed by atoms with Crippen molar-refractivity contribution in [1.29, 1.82) is 0 Å². The van der Waals surface area contributed by atoms with Crippen LogP contribution in [0.3, 0.4) is 0 Å². The molecule has 0 aliphatic rings. The summed E-state index contributed by atoms with van der Waals surface area (Å²) in [4.78, 5) is 24.3. The second kappa shape index (κ2) is 11.2. The van der Waals surface area contributed by atoms with Gasteiger partial charge >= 0.3 is 5.97 Å². The van der Waals surface area contributed by atoms with Gasteiger partial charge in [-0.2, -0.15) is 4.31 Å². The van der Waals surface area contributed by atoms with Crippen molar-refractivity contribution >= 4 is 45.3 Å². The number of amides is 1. The molecule has 0 saturated heterocycles. The van der Waals surface area contributed by atoms with Crippen molar-refractivity contribution in [1.82, 2.24) is 4.31 Å². The third-order valence-electron chi connectivity index (χ3n) is 4.48. The van der Waals surface area contributed by atoms with Crippen LogP contribution in [0, 0.1) is 5.82 Å². The fraction of sp³-hybridized carbons (Fsp3) is 0.273. The average molecular weight is 483 g/mol. The second-order valence-corrected chi connectivity index (χ2v) is 9.03. The maximum atomic E-state index is 13.2. The van der Waals surface area contributed by atoms with Gasteiger partial charge in [0.25, 0.3) is 5.91 Å². The third-order valence-corrected chi connectivity index (χ3v) is 6.84. The van der Waals surface area contributed by atoms with Crippen molar-refractivity contribution in [3.63, 3.8) is 0 Å². The molecule has 2 aromatic carbocycles. The summed E-state index contributed by atoms with van der Waals surface area (Å²) >= 11 is 5.67. The van der Waals surface area contributed by atoms with Gasteiger partial charge in [0.1, 0.15) is 5.82 Å². The Morgan fingerprint density at radius 1 is 1.16 bits per heavy atom. The van der Waals surface area contributed by atoms with Gasteiger partial charge in [-0.05, 0) is 48.9 Å². The quantitative estimate of drug-likeness (QED) is 0.429. The molecule has 0 heterocycles. The van der Waals surface area contributed by atoms with Gasteiger partial charge in [0, 0.05) is 24.9 Å². The average Bonchev–Trinajstić information content (AvgIpc) is 2.75. The van der Waals surface area contributed by atoms with Crippen LogP contribution in [0.25, 0.3) is 6.08 Å². The molecule has 0 aliphatic carbocycles. The Balaban J connectivity index is 1.96. The minimum Gasteiger partial charge on any atom is -0.449 e. The van der Waals surface area contributed by atoms with E-state index < -0.39 is 33.8 Å². The molecule has 1 atom stereocenters. The van der Waals surface area contributed by atoms with Gasteiger partial charge in [0.15, 0.2) is 6.10 Å². The highest BCUT2D eigenvalue weighted by molar-refractivity contribution is 7.89. The molecule has 2 aromatic rings. The van der Waals surface area contributed by atoms with Crippen molar-refractivity contribution in [3.8, 4) is 0 Å². The summed E-state index contributed by atoms with van der Waals surface area (Å²) in [7, 11) is -3.56. The third kappa shape index (κ3) is 6.62. The number of hydrogen-bond acceptors (Lipinski definition) is 5. The Bertz CT molecular complexity index is 1100. The smallest absolute Gasteiger partial charge is 0.331 e. The molecule has 0 aliphatic heterocycles. The summed E-state index contributed by atoms with van der Waals surface area (Å²) in [6.45, 7) is 5.65. The van der Waals surface area contributed by atoms with E-state index in [0.29, 0.717) is 18.7 Å². The molecule has 2 rings (SSSR count). The van der Waals surface area contributed by atoms with Crippen molar-refractivity contribution in [2.24, 2.45) is 0 Å². The predicted molar refractivity (Wildman–Crippen MR) is 121 cm³/mol. The van der Waals surface area contributed by atoms with E-state index in [1.807, 2.05) is 0 Å². The lowest BCUT2D eigenvalue weighted by atomic mass is 10.2. The Hall–Kier alpha value is -2.75. The van der Waals surface area contributed by atoms with E-state index in [0.717, 1.165) is 12.1 Å². The Kier molecular flexibility index (Phi) is 8.94. The Morgan fingerprint density at radius 2 is 1.78 bits per heavy atom. The normalized spacial score (nSPS) is 12.7. The molecule has 1 amide bonds. The van der Waals surface area contributed by atoms with Gasteiger partial charge in [-0.1, -0.05) is 37.6 Å². The molecular formula is C22H24ClFN2O5S. The summed E-state index contributed by atoms with van der Waals surface area (Å²) in [6.07, 6.45) is 1.46. The van der Waals surface area contributed by atoms with Crippen LogP contribution >= 0.6 is 11.6 Å². The summed E-state index contributed by atoms with van der Waals surface area (Å²) < 4.78 is 44.6. The zero-order chi connectivity index (χ0) is 23.9. The second-order valence-electron chi connectivity index (χ2n) is 6.69. The number of sulfonamides is 1. The zero-order valence-electron chi connectivity index (χ0n) is 17.8. The largest absolute Gasteiger partial charge is 0.449 e.